The van der Waals surface area contributed by atoms with Gasteiger partial charge in [0.25, 0.3) is 0 Å². The van der Waals surface area contributed by atoms with Crippen molar-refractivity contribution in [3.05, 3.63) is 29.3 Å². The third-order valence-electron chi connectivity index (χ3n) is 3.60. The standard InChI is InChI=1S/C15H22N2O2/c1-10(18)9-16-7-6-11-4-5-13-12(8-11)15(2,3)14(19)17-13/h4-5,8,10,16,18H,6-7,9H2,1-3H3,(H,17,19). The minimum absolute atomic E-state index is 0.0619. The molecule has 0 saturated carbocycles. The van der Waals surface area contributed by atoms with Gasteiger partial charge in [0.2, 0.25) is 5.91 Å². The minimum Gasteiger partial charge on any atom is -0.392 e. The lowest BCUT2D eigenvalue weighted by Crippen LogP contribution is -2.27. The number of aliphatic hydroxyl groups is 1. The maximum Gasteiger partial charge on any atom is 0.234 e. The lowest BCUT2D eigenvalue weighted by molar-refractivity contribution is -0.119. The first-order valence-corrected chi connectivity index (χ1v) is 6.75. The molecule has 1 unspecified atom stereocenters. The zero-order valence-electron chi connectivity index (χ0n) is 11.8. The number of aliphatic hydroxyl groups excluding tert-OH is 1. The molecule has 4 heteroatoms. The third kappa shape index (κ3) is 2.96. The van der Waals surface area contributed by atoms with Crippen molar-refractivity contribution in [2.24, 2.45) is 0 Å². The first-order valence-electron chi connectivity index (χ1n) is 6.75. The summed E-state index contributed by atoms with van der Waals surface area (Å²) in [5, 5.41) is 15.3. The summed E-state index contributed by atoms with van der Waals surface area (Å²) >= 11 is 0. The first-order chi connectivity index (χ1) is 8.91. The molecule has 3 N–H and O–H groups in total. The molecule has 0 saturated heterocycles. The van der Waals surface area contributed by atoms with E-state index in [2.05, 4.69) is 16.7 Å². The summed E-state index contributed by atoms with van der Waals surface area (Å²) in [5.74, 6) is 0.0619. The molecular formula is C15H22N2O2. The second kappa shape index (κ2) is 5.31. The van der Waals surface area contributed by atoms with Crippen molar-refractivity contribution in [3.63, 3.8) is 0 Å². The predicted octanol–water partition coefficient (Wildman–Crippen LogP) is 1.43. The van der Waals surface area contributed by atoms with E-state index >= 15 is 0 Å². The number of anilines is 1. The van der Waals surface area contributed by atoms with Crippen molar-refractivity contribution in [3.8, 4) is 0 Å². The zero-order valence-corrected chi connectivity index (χ0v) is 11.8. The van der Waals surface area contributed by atoms with Crippen molar-refractivity contribution in [1.82, 2.24) is 5.32 Å². The van der Waals surface area contributed by atoms with Gasteiger partial charge in [-0.15, -0.1) is 0 Å². The average Bonchev–Trinajstić information content (AvgIpc) is 2.56. The molecule has 2 rings (SSSR count). The van der Waals surface area contributed by atoms with Crippen LogP contribution in [0.4, 0.5) is 5.69 Å². The highest BCUT2D eigenvalue weighted by Gasteiger charge is 2.38. The average molecular weight is 262 g/mol. The number of hydrogen-bond acceptors (Lipinski definition) is 3. The Hall–Kier alpha value is -1.39. The smallest absolute Gasteiger partial charge is 0.234 e. The molecule has 1 aromatic rings. The van der Waals surface area contributed by atoms with Crippen LogP contribution in [0.2, 0.25) is 0 Å². The van der Waals surface area contributed by atoms with Gasteiger partial charge in [-0.3, -0.25) is 4.79 Å². The van der Waals surface area contributed by atoms with Crippen LogP contribution in [0.25, 0.3) is 0 Å². The summed E-state index contributed by atoms with van der Waals surface area (Å²) in [6, 6.07) is 6.13. The van der Waals surface area contributed by atoms with Crippen molar-refractivity contribution in [2.75, 3.05) is 18.4 Å². The van der Waals surface area contributed by atoms with Crippen LogP contribution in [0.15, 0.2) is 18.2 Å². The van der Waals surface area contributed by atoms with Crippen LogP contribution in [0.1, 0.15) is 31.9 Å². The zero-order chi connectivity index (χ0) is 14.0. The largest absolute Gasteiger partial charge is 0.392 e. The Morgan fingerprint density at radius 1 is 1.42 bits per heavy atom. The maximum atomic E-state index is 11.8. The molecule has 104 valence electrons. The summed E-state index contributed by atoms with van der Waals surface area (Å²) in [7, 11) is 0. The molecular weight excluding hydrogens is 240 g/mol. The molecule has 1 aliphatic rings. The van der Waals surface area contributed by atoms with Crippen molar-refractivity contribution in [2.45, 2.75) is 38.7 Å². The van der Waals surface area contributed by atoms with Gasteiger partial charge in [0, 0.05) is 12.2 Å². The second-order valence-electron chi connectivity index (χ2n) is 5.76. The number of carbonyl (C=O) groups excluding carboxylic acids is 1. The lowest BCUT2D eigenvalue weighted by atomic mass is 9.85. The predicted molar refractivity (Wildman–Crippen MR) is 76.4 cm³/mol. The molecule has 1 atom stereocenters. The summed E-state index contributed by atoms with van der Waals surface area (Å²) in [6.07, 6.45) is 0.574. The van der Waals surface area contributed by atoms with E-state index in [1.54, 1.807) is 6.92 Å². The van der Waals surface area contributed by atoms with E-state index in [-0.39, 0.29) is 12.0 Å². The van der Waals surface area contributed by atoms with E-state index < -0.39 is 5.41 Å². The Bertz CT molecular complexity index is 481. The van der Waals surface area contributed by atoms with Crippen LogP contribution < -0.4 is 10.6 Å². The molecule has 0 spiro atoms. The third-order valence-corrected chi connectivity index (χ3v) is 3.60. The number of carbonyl (C=O) groups is 1. The van der Waals surface area contributed by atoms with E-state index in [4.69, 9.17) is 5.11 Å². The Labute approximate surface area is 114 Å². The number of amides is 1. The first kappa shape index (κ1) is 14.0. The Kier molecular flexibility index (Phi) is 3.92. The van der Waals surface area contributed by atoms with Crippen LogP contribution in [-0.2, 0) is 16.6 Å². The van der Waals surface area contributed by atoms with Crippen molar-refractivity contribution < 1.29 is 9.90 Å². The van der Waals surface area contributed by atoms with E-state index in [0.717, 1.165) is 24.2 Å². The molecule has 0 fully saturated rings. The highest BCUT2D eigenvalue weighted by Crippen LogP contribution is 2.37. The fraction of sp³-hybridized carbons (Fsp3) is 0.533. The van der Waals surface area contributed by atoms with Gasteiger partial charge >= 0.3 is 0 Å². The van der Waals surface area contributed by atoms with Crippen LogP contribution in [0.3, 0.4) is 0 Å². The Morgan fingerprint density at radius 2 is 2.16 bits per heavy atom. The van der Waals surface area contributed by atoms with Gasteiger partial charge < -0.3 is 15.7 Å². The van der Waals surface area contributed by atoms with Gasteiger partial charge in [0.1, 0.15) is 0 Å². The Morgan fingerprint density at radius 3 is 2.84 bits per heavy atom. The topological polar surface area (TPSA) is 61.4 Å². The number of hydrogen-bond donors (Lipinski definition) is 3. The summed E-state index contributed by atoms with van der Waals surface area (Å²) < 4.78 is 0. The second-order valence-corrected chi connectivity index (χ2v) is 5.76. The number of fused-ring (bicyclic) bond motifs is 1. The molecule has 0 aromatic heterocycles. The molecule has 4 nitrogen and oxygen atoms in total. The number of nitrogens with one attached hydrogen (secondary N) is 2. The number of rotatable bonds is 5. The molecule has 19 heavy (non-hydrogen) atoms. The van der Waals surface area contributed by atoms with E-state index in [9.17, 15) is 4.79 Å². The minimum atomic E-state index is -0.446. The monoisotopic (exact) mass is 262 g/mol. The van der Waals surface area contributed by atoms with Gasteiger partial charge in [0.05, 0.1) is 11.5 Å². The van der Waals surface area contributed by atoms with Gasteiger partial charge in [0.15, 0.2) is 0 Å². The normalized spacial score (nSPS) is 18.0. The quantitative estimate of drug-likeness (QED) is 0.703. The number of benzene rings is 1. The van der Waals surface area contributed by atoms with Crippen LogP contribution in [0, 0.1) is 0 Å². The van der Waals surface area contributed by atoms with E-state index in [1.165, 1.54) is 5.56 Å². The molecule has 0 radical (unpaired) electrons. The summed E-state index contributed by atoms with van der Waals surface area (Å²) in [5.41, 5.74) is 2.76. The molecule has 1 aromatic carbocycles. The molecule has 1 heterocycles. The molecule has 0 bridgehead atoms. The van der Waals surface area contributed by atoms with Crippen LogP contribution in [0.5, 0.6) is 0 Å². The molecule has 1 amide bonds. The van der Waals surface area contributed by atoms with Gasteiger partial charge in [-0.05, 0) is 50.9 Å². The Balaban J connectivity index is 2.02. The van der Waals surface area contributed by atoms with Crippen molar-refractivity contribution in [1.29, 1.82) is 0 Å². The lowest BCUT2D eigenvalue weighted by Gasteiger charge is -2.16. The van der Waals surface area contributed by atoms with Gasteiger partial charge in [-0.25, -0.2) is 0 Å². The molecule has 1 aliphatic heterocycles. The summed E-state index contributed by atoms with van der Waals surface area (Å²) in [4.78, 5) is 11.8. The molecule has 0 aliphatic carbocycles. The van der Waals surface area contributed by atoms with Gasteiger partial charge in [-0.1, -0.05) is 12.1 Å². The van der Waals surface area contributed by atoms with Crippen LogP contribution in [-0.4, -0.2) is 30.2 Å². The van der Waals surface area contributed by atoms with Crippen molar-refractivity contribution >= 4 is 11.6 Å². The van der Waals surface area contributed by atoms with E-state index in [0.29, 0.717) is 6.54 Å². The van der Waals surface area contributed by atoms with E-state index in [1.807, 2.05) is 26.0 Å². The highest BCUT2D eigenvalue weighted by molar-refractivity contribution is 6.05. The highest BCUT2D eigenvalue weighted by atomic mass is 16.3. The van der Waals surface area contributed by atoms with Gasteiger partial charge in [-0.2, -0.15) is 0 Å². The SMILES string of the molecule is CC(O)CNCCc1ccc2c(c1)C(C)(C)C(=O)N2. The fourth-order valence-electron chi connectivity index (χ4n) is 2.32. The van der Waals surface area contributed by atoms with Crippen LogP contribution >= 0.6 is 0 Å². The summed E-state index contributed by atoms with van der Waals surface area (Å²) in [6.45, 7) is 7.09. The fourth-order valence-corrected chi connectivity index (χ4v) is 2.32. The maximum absolute atomic E-state index is 11.8.